The van der Waals surface area contributed by atoms with Crippen molar-refractivity contribution in [2.75, 3.05) is 7.11 Å². The van der Waals surface area contributed by atoms with Crippen molar-refractivity contribution in [3.05, 3.63) is 23.8 Å². The van der Waals surface area contributed by atoms with Gasteiger partial charge in [-0.25, -0.2) is 4.99 Å². The third-order valence-electron chi connectivity index (χ3n) is 1.53. The van der Waals surface area contributed by atoms with E-state index in [0.29, 0.717) is 5.69 Å². The van der Waals surface area contributed by atoms with Crippen molar-refractivity contribution in [3.8, 4) is 5.75 Å². The summed E-state index contributed by atoms with van der Waals surface area (Å²) in [5.74, 6) is 0.799. The lowest BCUT2D eigenvalue weighted by Crippen LogP contribution is -2.21. The van der Waals surface area contributed by atoms with Crippen LogP contribution in [0.4, 0.5) is 5.69 Å². The number of aryl methyl sites for hydroxylation is 1. The predicted octanol–water partition coefficient (Wildman–Crippen LogP) is 0.909. The van der Waals surface area contributed by atoms with Crippen molar-refractivity contribution < 1.29 is 4.74 Å². The third kappa shape index (κ3) is 2.66. The minimum absolute atomic E-state index is 0.0488. The van der Waals surface area contributed by atoms with Crippen molar-refractivity contribution in [2.24, 2.45) is 16.5 Å². The Morgan fingerprint density at radius 1 is 1.31 bits per heavy atom. The molecule has 0 aromatic heterocycles. The molecule has 0 atom stereocenters. The Morgan fingerprint density at radius 3 is 2.54 bits per heavy atom. The second kappa shape index (κ2) is 3.80. The quantitative estimate of drug-likeness (QED) is 0.523. The Morgan fingerprint density at radius 2 is 2.00 bits per heavy atom. The van der Waals surface area contributed by atoms with E-state index in [1.807, 2.05) is 19.1 Å². The van der Waals surface area contributed by atoms with Crippen molar-refractivity contribution in [3.63, 3.8) is 0 Å². The fraction of sp³-hybridized carbons (Fsp3) is 0.222. The van der Waals surface area contributed by atoms with E-state index in [0.717, 1.165) is 11.3 Å². The highest BCUT2D eigenvalue weighted by atomic mass is 16.5. The molecule has 0 aliphatic rings. The first-order valence-corrected chi connectivity index (χ1v) is 3.87. The number of ether oxygens (including phenoxy) is 1. The number of hydrogen-bond acceptors (Lipinski definition) is 2. The van der Waals surface area contributed by atoms with Crippen molar-refractivity contribution in [1.82, 2.24) is 0 Å². The van der Waals surface area contributed by atoms with Gasteiger partial charge >= 0.3 is 0 Å². The Bertz CT molecular complexity index is 330. The van der Waals surface area contributed by atoms with Gasteiger partial charge in [0.1, 0.15) is 5.75 Å². The van der Waals surface area contributed by atoms with Gasteiger partial charge in [-0.1, -0.05) is 0 Å². The van der Waals surface area contributed by atoms with Gasteiger partial charge in [-0.3, -0.25) is 0 Å². The maximum absolute atomic E-state index is 5.25. The summed E-state index contributed by atoms with van der Waals surface area (Å²) in [4.78, 5) is 3.92. The van der Waals surface area contributed by atoms with Crippen molar-refractivity contribution >= 4 is 11.6 Å². The van der Waals surface area contributed by atoms with E-state index >= 15 is 0 Å². The van der Waals surface area contributed by atoms with E-state index in [-0.39, 0.29) is 5.96 Å². The van der Waals surface area contributed by atoms with Crippen molar-refractivity contribution in [1.29, 1.82) is 0 Å². The highest BCUT2D eigenvalue weighted by Gasteiger charge is 1.96. The second-order valence-electron chi connectivity index (χ2n) is 2.75. The van der Waals surface area contributed by atoms with Crippen LogP contribution in [0.15, 0.2) is 23.2 Å². The normalized spacial score (nSPS) is 9.38. The summed E-state index contributed by atoms with van der Waals surface area (Å²) in [7, 11) is 1.61. The largest absolute Gasteiger partial charge is 0.497 e. The number of benzene rings is 1. The third-order valence-corrected chi connectivity index (χ3v) is 1.53. The first-order valence-electron chi connectivity index (χ1n) is 3.87. The molecule has 0 unspecified atom stereocenters. The molecule has 70 valence electrons. The molecular formula is C9H13N3O. The Hall–Kier alpha value is -1.71. The zero-order valence-corrected chi connectivity index (χ0v) is 7.74. The van der Waals surface area contributed by atoms with E-state index in [9.17, 15) is 0 Å². The van der Waals surface area contributed by atoms with Gasteiger partial charge in [0.05, 0.1) is 12.8 Å². The fourth-order valence-corrected chi connectivity index (χ4v) is 1.06. The molecule has 0 saturated carbocycles. The molecule has 0 aliphatic heterocycles. The molecule has 1 rings (SSSR count). The van der Waals surface area contributed by atoms with Gasteiger partial charge in [-0.15, -0.1) is 0 Å². The molecule has 0 spiro atoms. The summed E-state index contributed by atoms with van der Waals surface area (Å²) in [5, 5.41) is 0. The molecule has 1 aromatic carbocycles. The average molecular weight is 179 g/mol. The minimum atomic E-state index is 0.0488. The molecule has 0 aliphatic carbocycles. The number of nitrogens with zero attached hydrogens (tertiary/aromatic N) is 1. The van der Waals surface area contributed by atoms with Crippen LogP contribution in [0.25, 0.3) is 0 Å². The van der Waals surface area contributed by atoms with E-state index < -0.39 is 0 Å². The maximum atomic E-state index is 5.25. The number of nitrogens with two attached hydrogens (primary N) is 2. The standard InChI is InChI=1S/C9H13N3O/c1-6-3-7(12-9(10)11)5-8(4-6)13-2/h3-5H,1-2H3,(H4,10,11,12). The smallest absolute Gasteiger partial charge is 0.191 e. The number of methoxy groups -OCH3 is 1. The molecule has 0 saturated heterocycles. The van der Waals surface area contributed by atoms with Gasteiger partial charge in [-0.05, 0) is 24.6 Å². The molecule has 13 heavy (non-hydrogen) atoms. The summed E-state index contributed by atoms with van der Waals surface area (Å²) >= 11 is 0. The molecule has 4 heteroatoms. The SMILES string of the molecule is COc1cc(C)cc(N=C(N)N)c1. The lowest BCUT2D eigenvalue weighted by molar-refractivity contribution is 0.414. The van der Waals surface area contributed by atoms with Gasteiger partial charge in [0.25, 0.3) is 0 Å². The van der Waals surface area contributed by atoms with Crippen LogP contribution in [0.2, 0.25) is 0 Å². The predicted molar refractivity (Wildman–Crippen MR) is 53.2 cm³/mol. The summed E-state index contributed by atoms with van der Waals surface area (Å²) in [6.45, 7) is 1.95. The molecule has 0 amide bonds. The lowest BCUT2D eigenvalue weighted by Gasteiger charge is -2.02. The van der Waals surface area contributed by atoms with Crippen molar-refractivity contribution in [2.45, 2.75) is 6.92 Å². The highest BCUT2D eigenvalue weighted by Crippen LogP contribution is 2.22. The Kier molecular flexibility index (Phi) is 2.74. The number of guanidine groups is 1. The first kappa shape index (κ1) is 9.38. The molecule has 0 heterocycles. The molecule has 1 aromatic rings. The average Bonchev–Trinajstić information content (AvgIpc) is 2.01. The Labute approximate surface area is 77.2 Å². The van der Waals surface area contributed by atoms with E-state index in [1.165, 1.54) is 0 Å². The molecule has 4 nitrogen and oxygen atoms in total. The van der Waals surface area contributed by atoms with Crippen LogP contribution in [0.1, 0.15) is 5.56 Å². The van der Waals surface area contributed by atoms with Crippen LogP contribution >= 0.6 is 0 Å². The molecular weight excluding hydrogens is 166 g/mol. The zero-order valence-electron chi connectivity index (χ0n) is 7.74. The van der Waals surface area contributed by atoms with Crippen LogP contribution in [-0.4, -0.2) is 13.1 Å². The lowest BCUT2D eigenvalue weighted by atomic mass is 10.2. The van der Waals surface area contributed by atoms with E-state index in [4.69, 9.17) is 16.2 Å². The van der Waals surface area contributed by atoms with Gasteiger partial charge in [0.2, 0.25) is 0 Å². The first-order chi connectivity index (χ1) is 6.11. The maximum Gasteiger partial charge on any atom is 0.191 e. The number of hydrogen-bond donors (Lipinski definition) is 2. The highest BCUT2D eigenvalue weighted by molar-refractivity contribution is 5.79. The summed E-state index contributed by atoms with van der Waals surface area (Å²) in [5.41, 5.74) is 12.3. The van der Waals surface area contributed by atoms with Crippen LogP contribution < -0.4 is 16.2 Å². The summed E-state index contributed by atoms with van der Waals surface area (Å²) < 4.78 is 5.07. The Balaban J connectivity index is 3.09. The van der Waals surface area contributed by atoms with Crippen LogP contribution in [0, 0.1) is 6.92 Å². The molecule has 0 radical (unpaired) electrons. The molecule has 0 bridgehead atoms. The monoisotopic (exact) mass is 179 g/mol. The van der Waals surface area contributed by atoms with E-state index in [2.05, 4.69) is 4.99 Å². The second-order valence-corrected chi connectivity index (χ2v) is 2.75. The summed E-state index contributed by atoms with van der Waals surface area (Å²) in [6, 6.07) is 5.56. The van der Waals surface area contributed by atoms with Crippen LogP contribution in [-0.2, 0) is 0 Å². The number of rotatable bonds is 2. The van der Waals surface area contributed by atoms with Crippen LogP contribution in [0.3, 0.4) is 0 Å². The van der Waals surface area contributed by atoms with Crippen LogP contribution in [0.5, 0.6) is 5.75 Å². The van der Waals surface area contributed by atoms with Gasteiger partial charge < -0.3 is 16.2 Å². The van der Waals surface area contributed by atoms with Gasteiger partial charge in [0, 0.05) is 6.07 Å². The topological polar surface area (TPSA) is 73.6 Å². The fourth-order valence-electron chi connectivity index (χ4n) is 1.06. The minimum Gasteiger partial charge on any atom is -0.497 e. The summed E-state index contributed by atoms with van der Waals surface area (Å²) in [6.07, 6.45) is 0. The van der Waals surface area contributed by atoms with Gasteiger partial charge in [-0.2, -0.15) is 0 Å². The molecule has 0 fully saturated rings. The zero-order chi connectivity index (χ0) is 9.84. The van der Waals surface area contributed by atoms with E-state index in [1.54, 1.807) is 13.2 Å². The van der Waals surface area contributed by atoms with Gasteiger partial charge in [0.15, 0.2) is 5.96 Å². The number of aliphatic imine (C=N–C) groups is 1. The molecule has 4 N–H and O–H groups in total.